The summed E-state index contributed by atoms with van der Waals surface area (Å²) in [6.07, 6.45) is 2.77. The summed E-state index contributed by atoms with van der Waals surface area (Å²) in [7, 11) is 3.26. The third-order valence-corrected chi connectivity index (χ3v) is 5.48. The average Bonchev–Trinajstić information content (AvgIpc) is 3.03. The number of carbonyl (C=O) groups is 1. The normalized spacial score (nSPS) is 24.3. The first-order valence-corrected chi connectivity index (χ1v) is 8.91. The maximum absolute atomic E-state index is 14.1. The van der Waals surface area contributed by atoms with Gasteiger partial charge < -0.3 is 14.4 Å². The van der Waals surface area contributed by atoms with Crippen LogP contribution >= 0.6 is 0 Å². The van der Waals surface area contributed by atoms with Crippen molar-refractivity contribution in [1.82, 2.24) is 9.80 Å². The highest BCUT2D eigenvalue weighted by molar-refractivity contribution is 5.84. The first-order valence-electron chi connectivity index (χ1n) is 8.91. The Bertz CT molecular complexity index is 625. The predicted molar refractivity (Wildman–Crippen MR) is 93.0 cm³/mol. The summed E-state index contributed by atoms with van der Waals surface area (Å²) < 4.78 is 24.5. The van der Waals surface area contributed by atoms with Crippen LogP contribution in [-0.4, -0.2) is 62.7 Å². The van der Waals surface area contributed by atoms with Crippen LogP contribution in [0.5, 0.6) is 5.75 Å². The average molecular weight is 350 g/mol. The van der Waals surface area contributed by atoms with Gasteiger partial charge in [0.15, 0.2) is 0 Å². The number of hydrogen-bond donors (Lipinski definition) is 0. The van der Waals surface area contributed by atoms with Crippen LogP contribution in [-0.2, 0) is 16.1 Å². The second kappa shape index (κ2) is 7.70. The maximum Gasteiger partial charge on any atom is 0.230 e. The minimum atomic E-state index is -0.304. The van der Waals surface area contributed by atoms with Gasteiger partial charge >= 0.3 is 0 Å². The Morgan fingerprint density at radius 3 is 2.84 bits per heavy atom. The topological polar surface area (TPSA) is 42.0 Å². The van der Waals surface area contributed by atoms with Gasteiger partial charge in [0.1, 0.15) is 11.6 Å². The molecule has 2 aliphatic heterocycles. The van der Waals surface area contributed by atoms with Crippen molar-refractivity contribution in [3.8, 4) is 5.75 Å². The lowest BCUT2D eigenvalue weighted by molar-refractivity contribution is -0.146. The Morgan fingerprint density at radius 2 is 2.08 bits per heavy atom. The van der Waals surface area contributed by atoms with Gasteiger partial charge in [-0.2, -0.15) is 0 Å². The van der Waals surface area contributed by atoms with Crippen molar-refractivity contribution in [3.63, 3.8) is 0 Å². The van der Waals surface area contributed by atoms with E-state index in [9.17, 15) is 9.18 Å². The molecule has 1 aromatic carbocycles. The largest absolute Gasteiger partial charge is 0.497 e. The number of carbonyl (C=O) groups excluding carboxylic acids is 1. The molecule has 138 valence electrons. The van der Waals surface area contributed by atoms with Gasteiger partial charge in [-0.05, 0) is 44.0 Å². The fraction of sp³-hybridized carbons (Fsp3) is 0.632. The monoisotopic (exact) mass is 350 g/mol. The van der Waals surface area contributed by atoms with E-state index >= 15 is 0 Å². The Labute approximate surface area is 148 Å². The Hall–Kier alpha value is -1.66. The zero-order valence-electron chi connectivity index (χ0n) is 15.1. The van der Waals surface area contributed by atoms with Crippen LogP contribution in [0.3, 0.4) is 0 Å². The Kier molecular flexibility index (Phi) is 5.59. The SMILES string of the molecule is COCCN1CC[C@@]2(CCCN(Cc3cc(OC)ccc3F)C2=O)C1. The molecule has 1 atom stereocenters. The smallest absolute Gasteiger partial charge is 0.230 e. The highest BCUT2D eigenvalue weighted by Crippen LogP contribution is 2.40. The molecule has 0 aliphatic carbocycles. The third-order valence-electron chi connectivity index (χ3n) is 5.48. The maximum atomic E-state index is 14.1. The van der Waals surface area contributed by atoms with E-state index in [0.29, 0.717) is 31.0 Å². The summed E-state index contributed by atoms with van der Waals surface area (Å²) >= 11 is 0. The molecular weight excluding hydrogens is 323 g/mol. The Morgan fingerprint density at radius 1 is 1.24 bits per heavy atom. The number of likely N-dealkylation sites (tertiary alicyclic amines) is 2. The number of amides is 1. The lowest BCUT2D eigenvalue weighted by Crippen LogP contribution is -2.49. The molecule has 0 N–H and O–H groups in total. The summed E-state index contributed by atoms with van der Waals surface area (Å²) in [6, 6.07) is 4.69. The standard InChI is InChI=1S/C19H27FN2O3/c1-24-11-10-21-9-7-19(14-21)6-3-8-22(18(19)23)13-15-12-16(25-2)4-5-17(15)20/h4-5,12H,3,6-11,13-14H2,1-2H3/t19-/m0/s1. The molecule has 2 saturated heterocycles. The van der Waals surface area contributed by atoms with Gasteiger partial charge in [-0.1, -0.05) is 0 Å². The summed E-state index contributed by atoms with van der Waals surface area (Å²) in [6.45, 7) is 4.25. The molecule has 25 heavy (non-hydrogen) atoms. The number of nitrogens with zero attached hydrogens (tertiary/aromatic N) is 2. The van der Waals surface area contributed by atoms with Crippen molar-refractivity contribution in [2.45, 2.75) is 25.8 Å². The van der Waals surface area contributed by atoms with Crippen molar-refractivity contribution in [3.05, 3.63) is 29.6 Å². The molecule has 0 unspecified atom stereocenters. The van der Waals surface area contributed by atoms with Crippen molar-refractivity contribution in [2.75, 3.05) is 47.0 Å². The van der Waals surface area contributed by atoms with Crippen molar-refractivity contribution in [1.29, 1.82) is 0 Å². The van der Waals surface area contributed by atoms with Gasteiger partial charge in [0.05, 0.1) is 19.1 Å². The van der Waals surface area contributed by atoms with Crippen LogP contribution in [0.1, 0.15) is 24.8 Å². The summed E-state index contributed by atoms with van der Waals surface area (Å²) in [5, 5.41) is 0. The number of ether oxygens (including phenoxy) is 2. The van der Waals surface area contributed by atoms with Crippen molar-refractivity contribution < 1.29 is 18.7 Å². The molecule has 0 radical (unpaired) electrons. The highest BCUT2D eigenvalue weighted by Gasteiger charge is 2.48. The molecule has 3 rings (SSSR count). The molecule has 1 spiro atoms. The molecule has 0 bridgehead atoms. The summed E-state index contributed by atoms with van der Waals surface area (Å²) in [5.41, 5.74) is 0.209. The zero-order valence-corrected chi connectivity index (χ0v) is 15.1. The van der Waals surface area contributed by atoms with Gasteiger partial charge in [-0.3, -0.25) is 9.69 Å². The lowest BCUT2D eigenvalue weighted by atomic mass is 9.78. The molecule has 0 aromatic heterocycles. The van der Waals surface area contributed by atoms with Gasteiger partial charge in [0.2, 0.25) is 5.91 Å². The van der Waals surface area contributed by atoms with Gasteiger partial charge in [0.25, 0.3) is 0 Å². The van der Waals surface area contributed by atoms with Crippen LogP contribution in [0, 0.1) is 11.2 Å². The predicted octanol–water partition coefficient (Wildman–Crippen LogP) is 2.30. The molecule has 0 saturated carbocycles. The zero-order chi connectivity index (χ0) is 17.9. The fourth-order valence-corrected chi connectivity index (χ4v) is 4.06. The number of rotatable bonds is 6. The Balaban J connectivity index is 1.71. The summed E-state index contributed by atoms with van der Waals surface area (Å²) in [4.78, 5) is 17.3. The van der Waals surface area contributed by atoms with E-state index in [1.54, 1.807) is 26.4 Å². The van der Waals surface area contributed by atoms with E-state index in [1.165, 1.54) is 6.07 Å². The second-order valence-electron chi connectivity index (χ2n) is 7.09. The van der Waals surface area contributed by atoms with Crippen LogP contribution in [0.2, 0.25) is 0 Å². The van der Waals surface area contributed by atoms with Crippen LogP contribution in [0.15, 0.2) is 18.2 Å². The van der Waals surface area contributed by atoms with Crippen LogP contribution < -0.4 is 4.74 Å². The van der Waals surface area contributed by atoms with E-state index in [2.05, 4.69) is 4.90 Å². The van der Waals surface area contributed by atoms with Gasteiger partial charge in [-0.15, -0.1) is 0 Å². The molecule has 2 fully saturated rings. The molecule has 2 heterocycles. The number of piperidine rings is 1. The molecule has 6 heteroatoms. The van der Waals surface area contributed by atoms with Crippen molar-refractivity contribution in [2.24, 2.45) is 5.41 Å². The minimum Gasteiger partial charge on any atom is -0.497 e. The van der Waals surface area contributed by atoms with Crippen LogP contribution in [0.25, 0.3) is 0 Å². The number of benzene rings is 1. The van der Waals surface area contributed by atoms with Gasteiger partial charge in [-0.25, -0.2) is 4.39 Å². The van der Waals surface area contributed by atoms with E-state index in [1.807, 2.05) is 4.90 Å². The van der Waals surface area contributed by atoms with Gasteiger partial charge in [0, 0.05) is 38.9 Å². The quantitative estimate of drug-likeness (QED) is 0.789. The van der Waals surface area contributed by atoms with E-state index in [4.69, 9.17) is 9.47 Å². The number of hydrogen-bond acceptors (Lipinski definition) is 4. The molecule has 5 nitrogen and oxygen atoms in total. The first-order chi connectivity index (χ1) is 12.1. The number of methoxy groups -OCH3 is 2. The van der Waals surface area contributed by atoms with E-state index < -0.39 is 0 Å². The van der Waals surface area contributed by atoms with Crippen molar-refractivity contribution >= 4 is 5.91 Å². The number of halogens is 1. The minimum absolute atomic E-state index is 0.167. The molecule has 2 aliphatic rings. The fourth-order valence-electron chi connectivity index (χ4n) is 4.06. The second-order valence-corrected chi connectivity index (χ2v) is 7.09. The lowest BCUT2D eigenvalue weighted by Gasteiger charge is -2.39. The molecule has 1 amide bonds. The van der Waals surface area contributed by atoms with E-state index in [0.717, 1.165) is 38.9 Å². The third kappa shape index (κ3) is 3.80. The molecular formula is C19H27FN2O3. The molecule has 1 aromatic rings. The first kappa shape index (κ1) is 18.1. The summed E-state index contributed by atoms with van der Waals surface area (Å²) in [5.74, 6) is 0.490. The van der Waals surface area contributed by atoms with Crippen LogP contribution in [0.4, 0.5) is 4.39 Å². The highest BCUT2D eigenvalue weighted by atomic mass is 19.1. The van der Waals surface area contributed by atoms with E-state index in [-0.39, 0.29) is 17.1 Å².